The van der Waals surface area contributed by atoms with E-state index in [1.54, 1.807) is 0 Å². The summed E-state index contributed by atoms with van der Waals surface area (Å²) >= 11 is 0. The summed E-state index contributed by atoms with van der Waals surface area (Å²) in [6.07, 6.45) is 4.16. The molecule has 4 nitrogen and oxygen atoms in total. The van der Waals surface area contributed by atoms with Crippen LogP contribution in [0.1, 0.15) is 39.5 Å². The first-order valence-corrected chi connectivity index (χ1v) is 6.29. The van der Waals surface area contributed by atoms with Crippen LogP contribution in [0, 0.1) is 0 Å². The molecule has 1 fully saturated rings. The van der Waals surface area contributed by atoms with Crippen molar-refractivity contribution in [2.24, 2.45) is 0 Å². The third-order valence-corrected chi connectivity index (χ3v) is 3.05. The Morgan fingerprint density at radius 2 is 2.19 bits per heavy atom. The summed E-state index contributed by atoms with van der Waals surface area (Å²) < 4.78 is 0. The number of nitrogens with zero attached hydrogens (tertiary/aromatic N) is 1. The number of hydrogen-bond donors (Lipinski definition) is 2. The lowest BCUT2D eigenvalue weighted by Crippen LogP contribution is -2.48. The zero-order chi connectivity index (χ0) is 12.0. The normalized spacial score (nSPS) is 16.2. The van der Waals surface area contributed by atoms with Crippen molar-refractivity contribution in [3.63, 3.8) is 0 Å². The molecule has 0 aromatic rings. The second-order valence-electron chi connectivity index (χ2n) is 4.78. The minimum absolute atomic E-state index is 0.161. The van der Waals surface area contributed by atoms with Crippen LogP contribution >= 0.6 is 0 Å². The van der Waals surface area contributed by atoms with Gasteiger partial charge in [0, 0.05) is 25.2 Å². The van der Waals surface area contributed by atoms with E-state index in [4.69, 9.17) is 5.11 Å². The van der Waals surface area contributed by atoms with Crippen molar-refractivity contribution in [3.8, 4) is 0 Å². The third-order valence-electron chi connectivity index (χ3n) is 3.05. The molecule has 94 valence electrons. The van der Waals surface area contributed by atoms with Crippen molar-refractivity contribution >= 4 is 5.91 Å². The Hall–Kier alpha value is -0.610. The number of amides is 1. The van der Waals surface area contributed by atoms with Crippen LogP contribution in [0.4, 0.5) is 0 Å². The minimum atomic E-state index is 0.161. The first kappa shape index (κ1) is 13.5. The molecule has 0 unspecified atom stereocenters. The highest BCUT2D eigenvalue weighted by molar-refractivity contribution is 5.78. The van der Waals surface area contributed by atoms with Gasteiger partial charge in [-0.2, -0.15) is 0 Å². The molecule has 1 aliphatic rings. The fraction of sp³-hybridized carbons (Fsp3) is 0.917. The Balaban J connectivity index is 2.37. The van der Waals surface area contributed by atoms with Crippen molar-refractivity contribution in [1.29, 1.82) is 0 Å². The first-order valence-electron chi connectivity index (χ1n) is 6.29. The molecule has 0 atom stereocenters. The molecule has 0 aliphatic heterocycles. The molecule has 0 heterocycles. The number of rotatable bonds is 7. The minimum Gasteiger partial charge on any atom is -0.396 e. The van der Waals surface area contributed by atoms with Gasteiger partial charge in [0.2, 0.25) is 5.91 Å². The van der Waals surface area contributed by atoms with E-state index in [0.717, 1.165) is 12.8 Å². The van der Waals surface area contributed by atoms with E-state index in [2.05, 4.69) is 5.32 Å². The molecule has 16 heavy (non-hydrogen) atoms. The van der Waals surface area contributed by atoms with E-state index >= 15 is 0 Å². The van der Waals surface area contributed by atoms with E-state index in [1.807, 2.05) is 18.7 Å². The van der Waals surface area contributed by atoms with Gasteiger partial charge in [-0.15, -0.1) is 0 Å². The Bertz CT molecular complexity index is 215. The first-order chi connectivity index (χ1) is 7.65. The molecular weight excluding hydrogens is 204 g/mol. The molecule has 0 aromatic carbocycles. The smallest absolute Gasteiger partial charge is 0.236 e. The molecule has 1 saturated carbocycles. The van der Waals surface area contributed by atoms with Crippen LogP contribution < -0.4 is 5.32 Å². The van der Waals surface area contributed by atoms with E-state index in [0.29, 0.717) is 31.6 Å². The zero-order valence-electron chi connectivity index (χ0n) is 10.4. The quantitative estimate of drug-likeness (QED) is 0.676. The third kappa shape index (κ3) is 4.10. The molecular formula is C12H24N2O2. The predicted octanol–water partition coefficient (Wildman–Crippen LogP) is 0.748. The lowest BCUT2D eigenvalue weighted by molar-refractivity contribution is -0.134. The maximum atomic E-state index is 12.0. The van der Waals surface area contributed by atoms with Crippen LogP contribution in [-0.4, -0.2) is 47.7 Å². The highest BCUT2D eigenvalue weighted by atomic mass is 16.3. The van der Waals surface area contributed by atoms with E-state index in [9.17, 15) is 4.79 Å². The summed E-state index contributed by atoms with van der Waals surface area (Å²) in [6, 6.07) is 0.762. The highest BCUT2D eigenvalue weighted by Crippen LogP contribution is 2.24. The molecule has 0 saturated heterocycles. The van der Waals surface area contributed by atoms with Crippen LogP contribution in [0.2, 0.25) is 0 Å². The number of hydrogen-bond acceptors (Lipinski definition) is 3. The topological polar surface area (TPSA) is 52.6 Å². The summed E-state index contributed by atoms with van der Waals surface area (Å²) in [6.45, 7) is 5.34. The van der Waals surface area contributed by atoms with Crippen molar-refractivity contribution in [3.05, 3.63) is 0 Å². The van der Waals surface area contributed by atoms with E-state index in [-0.39, 0.29) is 12.5 Å². The van der Waals surface area contributed by atoms with Gasteiger partial charge in [-0.05, 0) is 25.7 Å². The predicted molar refractivity (Wildman–Crippen MR) is 64.2 cm³/mol. The lowest BCUT2D eigenvalue weighted by Gasteiger charge is -2.37. The largest absolute Gasteiger partial charge is 0.396 e. The number of nitrogens with one attached hydrogen (secondary N) is 1. The van der Waals surface area contributed by atoms with Crippen LogP contribution in [0.5, 0.6) is 0 Å². The van der Waals surface area contributed by atoms with Gasteiger partial charge in [-0.3, -0.25) is 4.79 Å². The summed E-state index contributed by atoms with van der Waals surface area (Å²) in [4.78, 5) is 13.9. The molecule has 0 bridgehead atoms. The van der Waals surface area contributed by atoms with Crippen molar-refractivity contribution in [2.75, 3.05) is 19.7 Å². The molecule has 1 amide bonds. The standard InChI is InChI=1S/C12H24N2O2/c1-10(2)13-9-12(16)14(7-4-8-15)11-5-3-6-11/h10-11,13,15H,3-9H2,1-2H3. The second-order valence-corrected chi connectivity index (χ2v) is 4.78. The van der Waals surface area contributed by atoms with Gasteiger partial charge in [-0.1, -0.05) is 13.8 Å². The number of carbonyl (C=O) groups excluding carboxylic acids is 1. The maximum absolute atomic E-state index is 12.0. The van der Waals surface area contributed by atoms with Crippen LogP contribution in [0.25, 0.3) is 0 Å². The molecule has 1 aliphatic carbocycles. The lowest BCUT2D eigenvalue weighted by atomic mass is 9.91. The monoisotopic (exact) mass is 228 g/mol. The Kier molecular flexibility index (Phi) is 5.77. The van der Waals surface area contributed by atoms with Gasteiger partial charge < -0.3 is 15.3 Å². The Morgan fingerprint density at radius 3 is 2.62 bits per heavy atom. The fourth-order valence-electron chi connectivity index (χ4n) is 1.84. The molecule has 0 spiro atoms. The van der Waals surface area contributed by atoms with E-state index < -0.39 is 0 Å². The second kappa shape index (κ2) is 6.86. The van der Waals surface area contributed by atoms with Gasteiger partial charge in [-0.25, -0.2) is 0 Å². The van der Waals surface area contributed by atoms with E-state index in [1.165, 1.54) is 6.42 Å². The van der Waals surface area contributed by atoms with Crippen LogP contribution in [-0.2, 0) is 4.79 Å². The van der Waals surface area contributed by atoms with Crippen LogP contribution in [0.15, 0.2) is 0 Å². The van der Waals surface area contributed by atoms with Gasteiger partial charge in [0.15, 0.2) is 0 Å². The van der Waals surface area contributed by atoms with Crippen LogP contribution in [0.3, 0.4) is 0 Å². The summed E-state index contributed by atoms with van der Waals surface area (Å²) in [5.74, 6) is 0.173. The summed E-state index contributed by atoms with van der Waals surface area (Å²) in [5, 5.41) is 12.0. The van der Waals surface area contributed by atoms with Gasteiger partial charge in [0.25, 0.3) is 0 Å². The number of aliphatic hydroxyl groups is 1. The van der Waals surface area contributed by atoms with Gasteiger partial charge in [0.1, 0.15) is 0 Å². The van der Waals surface area contributed by atoms with Crippen molar-refractivity contribution in [2.45, 2.75) is 51.6 Å². The number of aliphatic hydroxyl groups excluding tert-OH is 1. The van der Waals surface area contributed by atoms with Crippen molar-refractivity contribution in [1.82, 2.24) is 10.2 Å². The average molecular weight is 228 g/mol. The van der Waals surface area contributed by atoms with Crippen molar-refractivity contribution < 1.29 is 9.90 Å². The molecule has 1 rings (SSSR count). The van der Waals surface area contributed by atoms with Gasteiger partial charge >= 0.3 is 0 Å². The molecule has 4 heteroatoms. The van der Waals surface area contributed by atoms with Gasteiger partial charge in [0.05, 0.1) is 6.54 Å². The Labute approximate surface area is 98.0 Å². The SMILES string of the molecule is CC(C)NCC(=O)N(CCCO)C1CCC1. The molecule has 0 radical (unpaired) electrons. The average Bonchev–Trinajstić information content (AvgIpc) is 2.17. The summed E-state index contributed by atoms with van der Waals surface area (Å²) in [7, 11) is 0. The number of carbonyl (C=O) groups is 1. The molecule has 2 N–H and O–H groups in total. The molecule has 0 aromatic heterocycles. The maximum Gasteiger partial charge on any atom is 0.236 e. The zero-order valence-corrected chi connectivity index (χ0v) is 10.4. The summed E-state index contributed by atoms with van der Waals surface area (Å²) in [5.41, 5.74) is 0. The Morgan fingerprint density at radius 1 is 1.50 bits per heavy atom. The fourth-order valence-corrected chi connectivity index (χ4v) is 1.84. The highest BCUT2D eigenvalue weighted by Gasteiger charge is 2.27.